The summed E-state index contributed by atoms with van der Waals surface area (Å²) in [7, 11) is -3.63. The largest absolute Gasteiger partial charge is 0.398 e. The fraction of sp³-hybridized carbons (Fsp3) is 0.100. The number of nitrogens with two attached hydrogens (primary N) is 1. The number of hydrogen-bond donors (Lipinski definition) is 2. The quantitative estimate of drug-likeness (QED) is 0.828. The maximum Gasteiger partial charge on any atom is 0.243 e. The second kappa shape index (κ2) is 5.35. The highest BCUT2D eigenvalue weighted by Crippen LogP contribution is 2.23. The molecule has 2 rings (SSSR count). The average molecular weight is 348 g/mol. The SMILES string of the molecule is Nc1ccc(Br)cc1S(=O)(=O)NCc1nccs1. The van der Waals surface area contributed by atoms with E-state index in [2.05, 4.69) is 25.6 Å². The van der Waals surface area contributed by atoms with E-state index in [-0.39, 0.29) is 17.1 Å². The zero-order chi connectivity index (χ0) is 13.2. The fourth-order valence-corrected chi connectivity index (χ4v) is 3.62. The summed E-state index contributed by atoms with van der Waals surface area (Å²) in [6.45, 7) is 0.159. The maximum absolute atomic E-state index is 12.1. The van der Waals surface area contributed by atoms with E-state index in [1.54, 1.807) is 23.7 Å². The molecule has 8 heteroatoms. The van der Waals surface area contributed by atoms with Crippen molar-refractivity contribution < 1.29 is 8.42 Å². The third-order valence-electron chi connectivity index (χ3n) is 2.16. The Hall–Kier alpha value is -0.960. The van der Waals surface area contributed by atoms with Crippen molar-refractivity contribution >= 4 is 43.0 Å². The van der Waals surface area contributed by atoms with Gasteiger partial charge in [-0.1, -0.05) is 15.9 Å². The lowest BCUT2D eigenvalue weighted by atomic mass is 10.3. The van der Waals surface area contributed by atoms with Gasteiger partial charge in [-0.05, 0) is 18.2 Å². The molecule has 1 heterocycles. The van der Waals surface area contributed by atoms with E-state index in [4.69, 9.17) is 5.73 Å². The minimum atomic E-state index is -3.63. The molecule has 0 unspecified atom stereocenters. The predicted molar refractivity (Wildman–Crippen MR) is 74.7 cm³/mol. The molecule has 0 amide bonds. The first-order chi connectivity index (χ1) is 8.49. The third-order valence-corrected chi connectivity index (χ3v) is 4.89. The van der Waals surface area contributed by atoms with Gasteiger partial charge in [0, 0.05) is 16.0 Å². The zero-order valence-corrected chi connectivity index (χ0v) is 12.3. The van der Waals surface area contributed by atoms with Crippen molar-refractivity contribution in [3.05, 3.63) is 39.3 Å². The minimum Gasteiger partial charge on any atom is -0.398 e. The van der Waals surface area contributed by atoms with E-state index >= 15 is 0 Å². The van der Waals surface area contributed by atoms with Crippen LogP contribution in [0, 0.1) is 0 Å². The van der Waals surface area contributed by atoms with Gasteiger partial charge in [-0.2, -0.15) is 0 Å². The molecule has 0 aliphatic rings. The van der Waals surface area contributed by atoms with Gasteiger partial charge in [0.25, 0.3) is 0 Å². The Balaban J connectivity index is 2.22. The van der Waals surface area contributed by atoms with Gasteiger partial charge in [-0.3, -0.25) is 0 Å². The highest BCUT2D eigenvalue weighted by atomic mass is 79.9. The number of sulfonamides is 1. The maximum atomic E-state index is 12.1. The summed E-state index contributed by atoms with van der Waals surface area (Å²) in [6.07, 6.45) is 1.63. The molecule has 0 atom stereocenters. The van der Waals surface area contributed by atoms with Crippen molar-refractivity contribution in [2.24, 2.45) is 0 Å². The summed E-state index contributed by atoms with van der Waals surface area (Å²) >= 11 is 4.61. The molecular weight excluding hydrogens is 338 g/mol. The Kier molecular flexibility index (Phi) is 4.00. The number of thiazole rings is 1. The van der Waals surface area contributed by atoms with Crippen molar-refractivity contribution in [1.82, 2.24) is 9.71 Å². The summed E-state index contributed by atoms with van der Waals surface area (Å²) in [5.41, 5.74) is 5.88. The molecule has 5 nitrogen and oxygen atoms in total. The Morgan fingerprint density at radius 3 is 2.89 bits per heavy atom. The van der Waals surface area contributed by atoms with Crippen molar-refractivity contribution in [3.63, 3.8) is 0 Å². The Labute approximate surface area is 117 Å². The molecule has 1 aromatic carbocycles. The number of anilines is 1. The molecule has 0 fully saturated rings. The van der Waals surface area contributed by atoms with Crippen LogP contribution in [0.25, 0.3) is 0 Å². The molecule has 0 saturated carbocycles. The zero-order valence-electron chi connectivity index (χ0n) is 9.13. The first kappa shape index (κ1) is 13.5. The molecule has 2 aromatic rings. The van der Waals surface area contributed by atoms with Gasteiger partial charge in [0.05, 0.1) is 12.2 Å². The van der Waals surface area contributed by atoms with Gasteiger partial charge in [0.15, 0.2) is 0 Å². The number of nitrogen functional groups attached to an aromatic ring is 1. The number of rotatable bonds is 4. The van der Waals surface area contributed by atoms with Crippen LogP contribution in [-0.2, 0) is 16.6 Å². The minimum absolute atomic E-state index is 0.0634. The normalized spacial score (nSPS) is 11.6. The standard InChI is InChI=1S/C10H10BrN3O2S2/c11-7-1-2-8(12)9(5-7)18(15,16)14-6-10-13-3-4-17-10/h1-5,14H,6,12H2. The highest BCUT2D eigenvalue weighted by Gasteiger charge is 2.17. The number of nitrogens with one attached hydrogen (secondary N) is 1. The molecular formula is C10H10BrN3O2S2. The molecule has 1 aromatic heterocycles. The Morgan fingerprint density at radius 2 is 2.22 bits per heavy atom. The van der Waals surface area contributed by atoms with Crippen LogP contribution in [0.5, 0.6) is 0 Å². The fourth-order valence-electron chi connectivity index (χ4n) is 1.32. The van der Waals surface area contributed by atoms with E-state index in [9.17, 15) is 8.42 Å². The number of hydrogen-bond acceptors (Lipinski definition) is 5. The van der Waals surface area contributed by atoms with Crippen LogP contribution in [0.15, 0.2) is 39.1 Å². The predicted octanol–water partition coefficient (Wildman–Crippen LogP) is 1.97. The van der Waals surface area contributed by atoms with E-state index in [0.29, 0.717) is 9.48 Å². The average Bonchev–Trinajstić information content (AvgIpc) is 2.83. The first-order valence-electron chi connectivity index (χ1n) is 4.92. The Morgan fingerprint density at radius 1 is 1.44 bits per heavy atom. The van der Waals surface area contributed by atoms with Gasteiger partial charge in [-0.15, -0.1) is 11.3 Å². The van der Waals surface area contributed by atoms with E-state index in [1.807, 2.05) is 0 Å². The van der Waals surface area contributed by atoms with Crippen LogP contribution in [0.3, 0.4) is 0 Å². The van der Waals surface area contributed by atoms with Gasteiger partial charge >= 0.3 is 0 Å². The van der Waals surface area contributed by atoms with Crippen LogP contribution in [0.2, 0.25) is 0 Å². The lowest BCUT2D eigenvalue weighted by molar-refractivity contribution is 0.581. The van der Waals surface area contributed by atoms with Crippen molar-refractivity contribution in [1.29, 1.82) is 0 Å². The van der Waals surface area contributed by atoms with Gasteiger partial charge in [-0.25, -0.2) is 18.1 Å². The lowest BCUT2D eigenvalue weighted by Crippen LogP contribution is -2.24. The van der Waals surface area contributed by atoms with Crippen LogP contribution in [0.4, 0.5) is 5.69 Å². The third kappa shape index (κ3) is 3.08. The van der Waals surface area contributed by atoms with Crippen molar-refractivity contribution in [3.8, 4) is 0 Å². The smallest absolute Gasteiger partial charge is 0.243 e. The molecule has 0 aliphatic heterocycles. The van der Waals surface area contributed by atoms with E-state index < -0.39 is 10.0 Å². The number of nitrogens with zero attached hydrogens (tertiary/aromatic N) is 1. The molecule has 0 bridgehead atoms. The first-order valence-corrected chi connectivity index (χ1v) is 8.08. The van der Waals surface area contributed by atoms with Crippen LogP contribution >= 0.6 is 27.3 Å². The number of halogens is 1. The van der Waals surface area contributed by atoms with Crippen molar-refractivity contribution in [2.75, 3.05) is 5.73 Å². The van der Waals surface area contributed by atoms with Crippen LogP contribution < -0.4 is 10.5 Å². The number of benzene rings is 1. The molecule has 96 valence electrons. The van der Waals surface area contributed by atoms with Crippen LogP contribution in [-0.4, -0.2) is 13.4 Å². The highest BCUT2D eigenvalue weighted by molar-refractivity contribution is 9.10. The second-order valence-electron chi connectivity index (χ2n) is 3.43. The molecule has 0 saturated heterocycles. The van der Waals surface area contributed by atoms with Crippen LogP contribution in [0.1, 0.15) is 5.01 Å². The number of aromatic nitrogens is 1. The van der Waals surface area contributed by atoms with E-state index in [0.717, 1.165) is 0 Å². The van der Waals surface area contributed by atoms with E-state index in [1.165, 1.54) is 17.4 Å². The summed E-state index contributed by atoms with van der Waals surface area (Å²) in [6, 6.07) is 4.71. The van der Waals surface area contributed by atoms with Gasteiger partial charge < -0.3 is 5.73 Å². The molecule has 0 aliphatic carbocycles. The lowest BCUT2D eigenvalue weighted by Gasteiger charge is -2.08. The Bertz CT molecular complexity index is 641. The molecule has 3 N–H and O–H groups in total. The second-order valence-corrected chi connectivity index (χ2v) is 7.06. The molecule has 18 heavy (non-hydrogen) atoms. The molecule has 0 spiro atoms. The summed E-state index contributed by atoms with van der Waals surface area (Å²) in [5.74, 6) is 0. The van der Waals surface area contributed by atoms with Crippen molar-refractivity contribution in [2.45, 2.75) is 11.4 Å². The van der Waals surface area contributed by atoms with Gasteiger partial charge in [0.1, 0.15) is 9.90 Å². The monoisotopic (exact) mass is 347 g/mol. The molecule has 0 radical (unpaired) electrons. The van der Waals surface area contributed by atoms with Gasteiger partial charge in [0.2, 0.25) is 10.0 Å². The summed E-state index contributed by atoms with van der Waals surface area (Å²) in [5, 5.41) is 2.49. The summed E-state index contributed by atoms with van der Waals surface area (Å²) in [4.78, 5) is 4.07. The topological polar surface area (TPSA) is 85.1 Å². The summed E-state index contributed by atoms with van der Waals surface area (Å²) < 4.78 is 27.3.